The average molecular weight is 356 g/mol. The highest BCUT2D eigenvalue weighted by Gasteiger charge is 2.29. The second kappa shape index (κ2) is 6.79. The lowest BCUT2D eigenvalue weighted by molar-refractivity contribution is -0.393. The molecule has 2 N–H and O–H groups in total. The molecular formula is C17H16N4O5. The van der Waals surface area contributed by atoms with E-state index in [9.17, 15) is 25.0 Å². The van der Waals surface area contributed by atoms with Crippen LogP contribution in [0.2, 0.25) is 0 Å². The van der Waals surface area contributed by atoms with Gasteiger partial charge in [0.1, 0.15) is 5.69 Å². The molecule has 1 fully saturated rings. The molecule has 134 valence electrons. The molecular weight excluding hydrogens is 340 g/mol. The van der Waals surface area contributed by atoms with Crippen LogP contribution in [0.3, 0.4) is 0 Å². The number of hydrogen-bond acceptors (Lipinski definition) is 6. The summed E-state index contributed by atoms with van der Waals surface area (Å²) in [7, 11) is 0. The molecule has 0 radical (unpaired) electrons. The van der Waals surface area contributed by atoms with Crippen LogP contribution in [0.4, 0.5) is 28.4 Å². The smallest absolute Gasteiger partial charge is 0.299 e. The predicted molar refractivity (Wildman–Crippen MR) is 95.6 cm³/mol. The van der Waals surface area contributed by atoms with E-state index in [0.29, 0.717) is 11.4 Å². The number of nitro benzene ring substituents is 2. The molecule has 1 amide bonds. The molecule has 2 aromatic carbocycles. The van der Waals surface area contributed by atoms with Gasteiger partial charge in [0.15, 0.2) is 0 Å². The van der Waals surface area contributed by atoms with E-state index >= 15 is 0 Å². The van der Waals surface area contributed by atoms with E-state index in [-0.39, 0.29) is 23.2 Å². The number of nitrogens with zero attached hydrogens (tertiary/aromatic N) is 2. The van der Waals surface area contributed by atoms with Gasteiger partial charge in [0.25, 0.3) is 11.4 Å². The van der Waals surface area contributed by atoms with Crippen molar-refractivity contribution in [2.24, 2.45) is 5.92 Å². The summed E-state index contributed by atoms with van der Waals surface area (Å²) in [6, 6.07) is 8.57. The summed E-state index contributed by atoms with van der Waals surface area (Å²) >= 11 is 0. The van der Waals surface area contributed by atoms with Crippen molar-refractivity contribution < 1.29 is 14.6 Å². The van der Waals surface area contributed by atoms with Crippen molar-refractivity contribution in [1.82, 2.24) is 0 Å². The summed E-state index contributed by atoms with van der Waals surface area (Å²) in [5, 5.41) is 27.8. The number of nitrogens with one attached hydrogen (secondary N) is 2. The predicted octanol–water partition coefficient (Wildman–Crippen LogP) is 3.90. The molecule has 0 aromatic heterocycles. The average Bonchev–Trinajstić information content (AvgIpc) is 3.43. The van der Waals surface area contributed by atoms with Gasteiger partial charge >= 0.3 is 0 Å². The Hall–Kier alpha value is -3.49. The van der Waals surface area contributed by atoms with Gasteiger partial charge in [-0.05, 0) is 43.5 Å². The molecule has 3 rings (SSSR count). The minimum absolute atomic E-state index is 0.0356. The molecule has 0 saturated heterocycles. The van der Waals surface area contributed by atoms with Gasteiger partial charge in [-0.25, -0.2) is 0 Å². The van der Waals surface area contributed by atoms with Crippen molar-refractivity contribution in [1.29, 1.82) is 0 Å². The van der Waals surface area contributed by atoms with Crippen LogP contribution in [0, 0.1) is 33.1 Å². The molecule has 0 bridgehead atoms. The molecule has 0 heterocycles. The Morgan fingerprint density at radius 3 is 2.38 bits per heavy atom. The van der Waals surface area contributed by atoms with Crippen molar-refractivity contribution in [2.75, 3.05) is 10.6 Å². The van der Waals surface area contributed by atoms with Gasteiger partial charge < -0.3 is 10.6 Å². The third-order valence-corrected chi connectivity index (χ3v) is 4.11. The molecule has 9 heteroatoms. The van der Waals surface area contributed by atoms with Gasteiger partial charge in [-0.15, -0.1) is 0 Å². The van der Waals surface area contributed by atoms with E-state index in [4.69, 9.17) is 0 Å². The highest BCUT2D eigenvalue weighted by Crippen LogP contribution is 2.34. The molecule has 9 nitrogen and oxygen atoms in total. The third kappa shape index (κ3) is 3.77. The first-order valence-corrected chi connectivity index (χ1v) is 7.96. The zero-order valence-electron chi connectivity index (χ0n) is 13.9. The number of amides is 1. The van der Waals surface area contributed by atoms with Crippen molar-refractivity contribution in [3.8, 4) is 0 Å². The van der Waals surface area contributed by atoms with Gasteiger partial charge in [-0.2, -0.15) is 0 Å². The van der Waals surface area contributed by atoms with E-state index in [1.165, 1.54) is 12.1 Å². The number of benzene rings is 2. The number of carbonyl (C=O) groups excluding carboxylic acids is 1. The number of non-ortho nitro benzene ring substituents is 1. The molecule has 1 aliphatic rings. The van der Waals surface area contributed by atoms with Crippen LogP contribution in [0.15, 0.2) is 36.4 Å². The maximum atomic E-state index is 12.0. The van der Waals surface area contributed by atoms with E-state index in [2.05, 4.69) is 10.6 Å². The van der Waals surface area contributed by atoms with Crippen molar-refractivity contribution in [3.05, 3.63) is 62.2 Å². The first-order valence-electron chi connectivity index (χ1n) is 7.96. The summed E-state index contributed by atoms with van der Waals surface area (Å²) in [5.41, 5.74) is 1.38. The number of hydrogen-bond donors (Lipinski definition) is 2. The standard InChI is InChI=1S/C17H16N4O5/c1-10-2-5-12(8-15(10)19-17(22)11-3-4-11)18-14-7-6-13(20(23)24)9-16(14)21(25)26/h2,5-9,11,18H,3-4H2,1H3,(H,19,22). The summed E-state index contributed by atoms with van der Waals surface area (Å²) in [6.07, 6.45) is 1.77. The third-order valence-electron chi connectivity index (χ3n) is 4.11. The Balaban J connectivity index is 1.87. The topological polar surface area (TPSA) is 127 Å². The molecule has 0 aliphatic heterocycles. The lowest BCUT2D eigenvalue weighted by Crippen LogP contribution is -2.14. The van der Waals surface area contributed by atoms with Crippen LogP contribution in [-0.2, 0) is 4.79 Å². The largest absolute Gasteiger partial charge is 0.350 e. The van der Waals surface area contributed by atoms with Crippen molar-refractivity contribution in [3.63, 3.8) is 0 Å². The zero-order valence-corrected chi connectivity index (χ0v) is 13.9. The SMILES string of the molecule is Cc1ccc(Nc2ccc([N+](=O)[O-])cc2[N+](=O)[O-])cc1NC(=O)C1CC1. The van der Waals surface area contributed by atoms with Gasteiger partial charge in [-0.3, -0.25) is 25.0 Å². The molecule has 0 unspecified atom stereocenters. The maximum absolute atomic E-state index is 12.0. The molecule has 2 aromatic rings. The summed E-state index contributed by atoms with van der Waals surface area (Å²) in [5.74, 6) is 0.0216. The van der Waals surface area contributed by atoms with Crippen molar-refractivity contribution >= 4 is 34.3 Å². The van der Waals surface area contributed by atoms with Crippen molar-refractivity contribution in [2.45, 2.75) is 19.8 Å². The van der Waals surface area contributed by atoms with E-state index in [1.807, 2.05) is 6.92 Å². The van der Waals surface area contributed by atoms with Crippen LogP contribution in [0.5, 0.6) is 0 Å². The monoisotopic (exact) mass is 356 g/mol. The van der Waals surface area contributed by atoms with Gasteiger partial charge in [0, 0.05) is 23.4 Å². The Labute approximate surface area is 148 Å². The minimum Gasteiger partial charge on any atom is -0.350 e. The Morgan fingerprint density at radius 2 is 1.77 bits per heavy atom. The van der Waals surface area contributed by atoms with Crippen LogP contribution < -0.4 is 10.6 Å². The number of rotatable bonds is 6. The van der Waals surface area contributed by atoms with Crippen LogP contribution in [-0.4, -0.2) is 15.8 Å². The lowest BCUT2D eigenvalue weighted by Gasteiger charge is -2.12. The maximum Gasteiger partial charge on any atom is 0.299 e. The number of carbonyl (C=O) groups is 1. The Bertz CT molecular complexity index is 908. The van der Waals surface area contributed by atoms with Crippen LogP contribution in [0.25, 0.3) is 0 Å². The summed E-state index contributed by atoms with van der Waals surface area (Å²) in [4.78, 5) is 32.6. The lowest BCUT2D eigenvalue weighted by atomic mass is 10.1. The van der Waals surface area contributed by atoms with Crippen LogP contribution in [0.1, 0.15) is 18.4 Å². The molecule has 26 heavy (non-hydrogen) atoms. The zero-order chi connectivity index (χ0) is 18.8. The van der Waals surface area contributed by atoms with E-state index < -0.39 is 15.5 Å². The van der Waals surface area contributed by atoms with Crippen LogP contribution >= 0.6 is 0 Å². The number of aryl methyl sites for hydroxylation is 1. The first-order chi connectivity index (χ1) is 12.3. The van der Waals surface area contributed by atoms with Gasteiger partial charge in [-0.1, -0.05) is 6.07 Å². The second-order valence-corrected chi connectivity index (χ2v) is 6.13. The fraction of sp³-hybridized carbons (Fsp3) is 0.235. The summed E-state index contributed by atoms with van der Waals surface area (Å²) in [6.45, 7) is 1.85. The molecule has 1 saturated carbocycles. The van der Waals surface area contributed by atoms with Gasteiger partial charge in [0.05, 0.1) is 15.9 Å². The summed E-state index contributed by atoms with van der Waals surface area (Å²) < 4.78 is 0. The normalized spacial score (nSPS) is 13.1. The fourth-order valence-corrected chi connectivity index (χ4v) is 2.46. The molecule has 0 spiro atoms. The number of nitro groups is 2. The first kappa shape index (κ1) is 17.3. The Morgan fingerprint density at radius 1 is 1.04 bits per heavy atom. The highest BCUT2D eigenvalue weighted by molar-refractivity contribution is 5.95. The molecule has 0 atom stereocenters. The van der Waals surface area contributed by atoms with E-state index in [0.717, 1.165) is 24.5 Å². The second-order valence-electron chi connectivity index (χ2n) is 6.13. The molecule has 1 aliphatic carbocycles. The van der Waals surface area contributed by atoms with E-state index in [1.54, 1.807) is 18.2 Å². The highest BCUT2D eigenvalue weighted by atomic mass is 16.6. The van der Waals surface area contributed by atoms with Gasteiger partial charge in [0.2, 0.25) is 5.91 Å². The quantitative estimate of drug-likeness (QED) is 0.597. The Kier molecular flexibility index (Phi) is 4.53. The minimum atomic E-state index is -0.686. The fourth-order valence-electron chi connectivity index (χ4n) is 2.46. The number of anilines is 3.